The van der Waals surface area contributed by atoms with Crippen molar-refractivity contribution in [2.45, 2.75) is 80.4 Å². The minimum absolute atomic E-state index is 0.0451. The van der Waals surface area contributed by atoms with Crippen LogP contribution in [-0.4, -0.2) is 145 Å². The predicted octanol–water partition coefficient (Wildman–Crippen LogP) is -3.12. The van der Waals surface area contributed by atoms with Crippen LogP contribution in [-0.2, 0) is 38.0 Å². The Morgan fingerprint density at radius 1 is 0.898 bits per heavy atom. The Morgan fingerprint density at radius 2 is 1.53 bits per heavy atom. The number of esters is 2. The van der Waals surface area contributed by atoms with Gasteiger partial charge in [0.15, 0.2) is 17.8 Å². The molecule has 5 rings (SSSR count). The number of benzene rings is 1. The van der Waals surface area contributed by atoms with Crippen LogP contribution in [0.3, 0.4) is 0 Å². The first kappa shape index (κ1) is 36.6. The molecule has 0 bridgehead atoms. The largest absolute Gasteiger partial charge is 0.504 e. The van der Waals surface area contributed by atoms with Crippen LogP contribution >= 0.6 is 0 Å². The molecule has 4 aliphatic heterocycles. The number of ether oxygens (including phenoxy) is 7. The highest BCUT2D eigenvalue weighted by Gasteiger charge is 2.50. The van der Waals surface area contributed by atoms with E-state index in [1.165, 1.54) is 30.4 Å². The molecule has 0 unspecified atom stereocenters. The maximum atomic E-state index is 12.8. The molecular weight excluding hydrogens is 660 g/mol. The zero-order chi connectivity index (χ0) is 35.6. The molecule has 4 heterocycles. The van der Waals surface area contributed by atoms with Crippen LogP contribution in [0.4, 0.5) is 0 Å². The summed E-state index contributed by atoms with van der Waals surface area (Å²) in [6.07, 6.45) is -13.3. The fraction of sp³-hybridized carbons (Fsp3) is 0.548. The van der Waals surface area contributed by atoms with Gasteiger partial charge in [0.2, 0.25) is 18.9 Å². The molecule has 1 aromatic carbocycles. The molecular formula is C31H38O18. The van der Waals surface area contributed by atoms with Gasteiger partial charge in [0, 0.05) is 24.3 Å². The fourth-order valence-electron chi connectivity index (χ4n) is 5.79. The molecule has 14 atom stereocenters. The molecule has 0 aromatic heterocycles. The smallest absolute Gasteiger partial charge is 0.340 e. The minimum atomic E-state index is -1.71. The van der Waals surface area contributed by atoms with Gasteiger partial charge in [-0.25, -0.2) is 9.59 Å². The van der Waals surface area contributed by atoms with Crippen molar-refractivity contribution in [2.24, 2.45) is 11.8 Å². The summed E-state index contributed by atoms with van der Waals surface area (Å²) < 4.78 is 37.9. The number of aromatic hydroxyl groups is 1. The first-order valence-corrected chi connectivity index (χ1v) is 15.2. The number of aliphatic hydroxyl groups is 8. The highest BCUT2D eigenvalue weighted by atomic mass is 16.8. The highest BCUT2D eigenvalue weighted by molar-refractivity contribution is 5.91. The van der Waals surface area contributed by atoms with E-state index in [0.29, 0.717) is 5.56 Å². The number of carbonyl (C=O) groups excluding carboxylic acids is 2. The molecule has 1 aromatic rings. The van der Waals surface area contributed by atoms with E-state index in [-0.39, 0.29) is 17.7 Å². The van der Waals surface area contributed by atoms with Crippen LogP contribution in [0.25, 0.3) is 6.08 Å². The molecule has 3 saturated heterocycles. The topological polar surface area (TPSA) is 281 Å². The highest BCUT2D eigenvalue weighted by Crippen LogP contribution is 2.41. The Kier molecular flexibility index (Phi) is 11.6. The van der Waals surface area contributed by atoms with E-state index in [1.54, 1.807) is 0 Å². The number of aliphatic hydroxyl groups excluding tert-OH is 8. The number of carbonyl (C=O) groups is 2. The Balaban J connectivity index is 1.19. The first-order valence-electron chi connectivity index (χ1n) is 15.2. The van der Waals surface area contributed by atoms with Crippen molar-refractivity contribution in [3.8, 4) is 11.5 Å². The molecule has 18 heteroatoms. The van der Waals surface area contributed by atoms with Gasteiger partial charge < -0.3 is 79.1 Å². The van der Waals surface area contributed by atoms with E-state index in [2.05, 4.69) is 6.58 Å². The van der Waals surface area contributed by atoms with Gasteiger partial charge in [0.05, 0.1) is 25.0 Å². The number of fused-ring (bicyclic) bond motifs is 1. The average molecular weight is 699 g/mol. The Bertz CT molecular complexity index is 1410. The fourth-order valence-corrected chi connectivity index (χ4v) is 5.79. The minimum Gasteiger partial charge on any atom is -0.504 e. The third-order valence-electron chi connectivity index (χ3n) is 8.55. The van der Waals surface area contributed by atoms with Crippen molar-refractivity contribution in [3.05, 3.63) is 54.3 Å². The summed E-state index contributed by atoms with van der Waals surface area (Å²) >= 11 is 0. The third-order valence-corrected chi connectivity index (χ3v) is 8.55. The van der Waals surface area contributed by atoms with Crippen molar-refractivity contribution < 1.29 is 88.7 Å². The van der Waals surface area contributed by atoms with Gasteiger partial charge in [-0.3, -0.25) is 0 Å². The maximum absolute atomic E-state index is 12.8. The van der Waals surface area contributed by atoms with Crippen LogP contribution in [0, 0.1) is 11.8 Å². The lowest BCUT2D eigenvalue weighted by Gasteiger charge is -2.44. The summed E-state index contributed by atoms with van der Waals surface area (Å²) in [6.45, 7) is 2.42. The summed E-state index contributed by atoms with van der Waals surface area (Å²) in [6, 6.07) is 3.90. The lowest BCUT2D eigenvalue weighted by Crippen LogP contribution is -2.60. The van der Waals surface area contributed by atoms with E-state index in [9.17, 15) is 55.5 Å². The zero-order valence-electron chi connectivity index (χ0n) is 25.7. The summed E-state index contributed by atoms with van der Waals surface area (Å²) in [4.78, 5) is 25.4. The molecule has 9 N–H and O–H groups in total. The van der Waals surface area contributed by atoms with Crippen molar-refractivity contribution in [2.75, 3.05) is 13.2 Å². The van der Waals surface area contributed by atoms with Gasteiger partial charge in [0.25, 0.3) is 0 Å². The predicted molar refractivity (Wildman–Crippen MR) is 157 cm³/mol. The first-order chi connectivity index (χ1) is 23.4. The Labute approximate surface area is 278 Å². The van der Waals surface area contributed by atoms with Gasteiger partial charge in [0.1, 0.15) is 48.8 Å². The van der Waals surface area contributed by atoms with Crippen molar-refractivity contribution >= 4 is 18.0 Å². The summed E-state index contributed by atoms with van der Waals surface area (Å²) in [5.74, 6) is -3.84. The molecule has 0 saturated carbocycles. The quantitative estimate of drug-likeness (QED) is 0.0664. The van der Waals surface area contributed by atoms with E-state index in [1.807, 2.05) is 0 Å². The number of phenols is 1. The zero-order valence-corrected chi connectivity index (χ0v) is 25.7. The van der Waals surface area contributed by atoms with E-state index >= 15 is 0 Å². The van der Waals surface area contributed by atoms with Gasteiger partial charge in [-0.1, -0.05) is 12.1 Å². The summed E-state index contributed by atoms with van der Waals surface area (Å²) in [5.41, 5.74) is 0.397. The van der Waals surface area contributed by atoms with Gasteiger partial charge in [-0.2, -0.15) is 0 Å². The molecule has 0 radical (unpaired) electrons. The van der Waals surface area contributed by atoms with E-state index in [4.69, 9.17) is 33.2 Å². The number of hydrogen-bond donors (Lipinski definition) is 9. The second kappa shape index (κ2) is 15.5. The second-order valence-electron chi connectivity index (χ2n) is 11.7. The molecule has 270 valence electrons. The standard InChI is InChI=1S/C31H38O18/c1-2-13-14-8-21(48-28(42)15(14)11-43-29(13)49-31-27(41)25(39)23(37)19(10-33)46-31)47-20(35)6-4-12-3-5-17(16(34)7-12)44-30-26(40)24(38)22(36)18(9-32)45-30/h2-7,11,13-14,18-19,21-27,29-34,36-41H,1,8-10H2/t13-,14+,18-,19-,21+,22-,23-,24+,25+,26-,27-,29+,30-,31+/m1/s1. The Hall–Kier alpha value is -3.66. The molecule has 0 amide bonds. The number of hydrogen-bond acceptors (Lipinski definition) is 18. The number of cyclic esters (lactones) is 1. The molecule has 3 fully saturated rings. The van der Waals surface area contributed by atoms with Crippen LogP contribution in [0.5, 0.6) is 11.5 Å². The average Bonchev–Trinajstić information content (AvgIpc) is 3.08. The number of phenolic OH excluding ortho intramolecular Hbond substituents is 1. The third kappa shape index (κ3) is 7.74. The van der Waals surface area contributed by atoms with Crippen molar-refractivity contribution in [3.63, 3.8) is 0 Å². The van der Waals surface area contributed by atoms with Crippen molar-refractivity contribution in [1.29, 1.82) is 0 Å². The maximum Gasteiger partial charge on any atom is 0.340 e. The van der Waals surface area contributed by atoms with Gasteiger partial charge >= 0.3 is 11.9 Å². The molecule has 4 aliphatic rings. The SMILES string of the molecule is C=C[C@H]1[C@H](O[C@@H]2O[C@H](CO)[C@@H](O)[C@H](O)[C@H]2O)OC=C2C(=O)O[C@H](OC(=O)C=Cc3ccc(O[C@@H]4O[C@H](CO)[C@@H](O)[C@H](O)[C@H]4O)c(O)c3)C[C@H]21. The van der Waals surface area contributed by atoms with Crippen molar-refractivity contribution in [1.82, 2.24) is 0 Å². The second-order valence-corrected chi connectivity index (χ2v) is 11.7. The summed E-state index contributed by atoms with van der Waals surface area (Å²) in [7, 11) is 0. The summed E-state index contributed by atoms with van der Waals surface area (Å²) in [5, 5.41) is 89.7. The lowest BCUT2D eigenvalue weighted by atomic mass is 9.80. The van der Waals surface area contributed by atoms with E-state index < -0.39 is 117 Å². The van der Waals surface area contributed by atoms with Gasteiger partial charge in [-0.15, -0.1) is 6.58 Å². The molecule has 49 heavy (non-hydrogen) atoms. The number of rotatable bonds is 10. The van der Waals surface area contributed by atoms with Crippen LogP contribution < -0.4 is 4.74 Å². The van der Waals surface area contributed by atoms with Crippen LogP contribution in [0.1, 0.15) is 12.0 Å². The molecule has 0 spiro atoms. The Morgan fingerprint density at radius 3 is 2.14 bits per heavy atom. The van der Waals surface area contributed by atoms with E-state index in [0.717, 1.165) is 12.3 Å². The normalized spacial score (nSPS) is 39.3. The molecule has 18 nitrogen and oxygen atoms in total. The molecule has 0 aliphatic carbocycles. The van der Waals surface area contributed by atoms with Crippen LogP contribution in [0.2, 0.25) is 0 Å². The monoisotopic (exact) mass is 698 g/mol. The lowest BCUT2D eigenvalue weighted by molar-refractivity contribution is -0.340. The van der Waals surface area contributed by atoms with Crippen LogP contribution in [0.15, 0.2) is 48.8 Å². The van der Waals surface area contributed by atoms with Gasteiger partial charge in [-0.05, 0) is 23.8 Å².